The Bertz CT molecular complexity index is 543. The number of nitrogens with zero attached hydrogens (tertiary/aromatic N) is 3. The van der Waals surface area contributed by atoms with Crippen LogP contribution in [-0.4, -0.2) is 89.0 Å². The minimum atomic E-state index is -0.0677. The summed E-state index contributed by atoms with van der Waals surface area (Å²) < 4.78 is 0. The molecule has 0 N–H and O–H groups in total. The number of ketones is 3. The molecule has 0 aliphatic heterocycles. The van der Waals surface area contributed by atoms with E-state index < -0.39 is 0 Å². The summed E-state index contributed by atoms with van der Waals surface area (Å²) in [5.41, 5.74) is 0. The first-order valence-corrected chi connectivity index (χ1v) is 11.7. The van der Waals surface area contributed by atoms with E-state index in [2.05, 4.69) is 0 Å². The monoisotopic (exact) mass is 527 g/mol. The van der Waals surface area contributed by atoms with Crippen molar-refractivity contribution in [2.24, 2.45) is 0 Å². The number of carbonyl (C=O) groups excluding carboxylic acids is 6. The van der Waals surface area contributed by atoms with E-state index in [1.165, 1.54) is 20.8 Å². The third-order valence-corrected chi connectivity index (χ3v) is 4.55. The second kappa shape index (κ2) is 24.1. The van der Waals surface area contributed by atoms with Crippen molar-refractivity contribution >= 4 is 35.1 Å². The van der Waals surface area contributed by atoms with Crippen LogP contribution in [0.2, 0.25) is 0 Å². The van der Waals surface area contributed by atoms with Crippen LogP contribution in [0.5, 0.6) is 0 Å². The van der Waals surface area contributed by atoms with Gasteiger partial charge in [-0.2, -0.15) is 0 Å². The Labute approximate surface area is 216 Å². The molecule has 0 saturated carbocycles. The Balaban J connectivity index is -0.000000196. The van der Waals surface area contributed by atoms with Gasteiger partial charge in [-0.3, -0.25) is 28.8 Å². The Kier molecular flexibility index (Phi) is 27.7. The number of hydrogen-bond acceptors (Lipinski definition) is 6. The maximum atomic E-state index is 11.1. The molecule has 0 saturated heterocycles. The predicted octanol–water partition coefficient (Wildman–Crippen LogP) is 2.50. The molecule has 0 fully saturated rings. The van der Waals surface area contributed by atoms with Crippen molar-refractivity contribution in [2.45, 2.75) is 81.6 Å². The minimum Gasteiger partial charge on any atom is -0.343 e. The summed E-state index contributed by atoms with van der Waals surface area (Å²) in [6.45, 7) is 19.8. The molecule has 0 atom stereocenters. The van der Waals surface area contributed by atoms with Crippen LogP contribution in [0, 0.1) is 0 Å². The van der Waals surface area contributed by atoms with Crippen molar-refractivity contribution in [3.8, 4) is 0 Å². The average Bonchev–Trinajstić information content (AvgIpc) is 2.70. The fourth-order valence-electron chi connectivity index (χ4n) is 2.70. The first-order chi connectivity index (χ1) is 15.3. The molecular formula is C24H45FeN3O6+3. The van der Waals surface area contributed by atoms with Crippen LogP contribution in [0.25, 0.3) is 0 Å². The van der Waals surface area contributed by atoms with E-state index in [0.717, 1.165) is 0 Å². The molecule has 0 spiro atoms. The molecule has 0 aromatic rings. The molecule has 0 aliphatic carbocycles. The van der Waals surface area contributed by atoms with Crippen molar-refractivity contribution in [3.63, 3.8) is 0 Å². The molecule has 10 heteroatoms. The van der Waals surface area contributed by atoms with Crippen LogP contribution in [-0.2, 0) is 45.8 Å². The van der Waals surface area contributed by atoms with Crippen LogP contribution in [0.3, 0.4) is 0 Å². The van der Waals surface area contributed by atoms with Gasteiger partial charge in [0.2, 0.25) is 17.7 Å². The van der Waals surface area contributed by atoms with Crippen molar-refractivity contribution in [1.82, 2.24) is 14.7 Å². The van der Waals surface area contributed by atoms with E-state index >= 15 is 0 Å². The molecule has 0 aromatic carbocycles. The van der Waals surface area contributed by atoms with Crippen LogP contribution in [0.1, 0.15) is 81.6 Å². The van der Waals surface area contributed by atoms with E-state index in [1.54, 1.807) is 14.7 Å². The van der Waals surface area contributed by atoms with E-state index in [4.69, 9.17) is 0 Å². The minimum absolute atomic E-state index is 0. The fourth-order valence-corrected chi connectivity index (χ4v) is 2.70. The maximum absolute atomic E-state index is 11.1. The standard InChI is InChI=1S/3C8H15NO2.Fe/c3*1-4-9(5-2)8(11)6-7(3)10;/h3*4-6H2,1-3H3;/q;;;+3. The molecule has 0 unspecified atom stereocenters. The van der Waals surface area contributed by atoms with Crippen LogP contribution in [0.15, 0.2) is 0 Å². The van der Waals surface area contributed by atoms with Crippen molar-refractivity contribution in [3.05, 3.63) is 0 Å². The van der Waals surface area contributed by atoms with Gasteiger partial charge in [-0.15, -0.1) is 0 Å². The maximum Gasteiger partial charge on any atom is 3.00 e. The quantitative estimate of drug-likeness (QED) is 0.285. The zero-order chi connectivity index (χ0) is 26.6. The van der Waals surface area contributed by atoms with Crippen LogP contribution >= 0.6 is 0 Å². The zero-order valence-electron chi connectivity index (χ0n) is 22.5. The van der Waals surface area contributed by atoms with E-state index in [0.29, 0.717) is 39.3 Å². The molecule has 1 radical (unpaired) electrons. The molecule has 3 amide bonds. The summed E-state index contributed by atoms with van der Waals surface area (Å²) >= 11 is 0. The van der Waals surface area contributed by atoms with Crippen molar-refractivity contribution in [1.29, 1.82) is 0 Å². The second-order valence-corrected chi connectivity index (χ2v) is 7.33. The smallest absolute Gasteiger partial charge is 0.343 e. The number of carbonyl (C=O) groups is 6. The topological polar surface area (TPSA) is 112 Å². The molecule has 197 valence electrons. The van der Waals surface area contributed by atoms with Gasteiger partial charge >= 0.3 is 17.1 Å². The summed E-state index contributed by atoms with van der Waals surface area (Å²) in [4.78, 5) is 70.0. The van der Waals surface area contributed by atoms with Gasteiger partial charge in [-0.05, 0) is 62.3 Å². The van der Waals surface area contributed by atoms with Gasteiger partial charge in [-0.1, -0.05) is 0 Å². The van der Waals surface area contributed by atoms with Gasteiger partial charge in [-0.25, -0.2) is 0 Å². The molecule has 0 aromatic heterocycles. The van der Waals surface area contributed by atoms with E-state index in [1.807, 2.05) is 41.5 Å². The third kappa shape index (κ3) is 21.8. The normalized spacial score (nSPS) is 9.09. The second-order valence-electron chi connectivity index (χ2n) is 7.33. The van der Waals surface area contributed by atoms with Crippen molar-refractivity contribution < 1.29 is 45.8 Å². The van der Waals surface area contributed by atoms with Crippen LogP contribution < -0.4 is 0 Å². The number of amides is 3. The number of rotatable bonds is 12. The van der Waals surface area contributed by atoms with Crippen molar-refractivity contribution in [2.75, 3.05) is 39.3 Å². The third-order valence-electron chi connectivity index (χ3n) is 4.55. The van der Waals surface area contributed by atoms with Crippen LogP contribution in [0.4, 0.5) is 0 Å². The molecule has 0 rings (SSSR count). The van der Waals surface area contributed by atoms with Gasteiger partial charge in [0.1, 0.15) is 17.3 Å². The largest absolute Gasteiger partial charge is 3.00 e. The fraction of sp³-hybridized carbons (Fsp3) is 0.750. The van der Waals surface area contributed by atoms with E-state index in [9.17, 15) is 28.8 Å². The summed E-state index contributed by atoms with van der Waals surface area (Å²) in [6.07, 6.45) is 0.130. The summed E-state index contributed by atoms with van der Waals surface area (Å²) in [5.74, 6) is -0.404. The Morgan fingerprint density at radius 3 is 0.647 bits per heavy atom. The Morgan fingerprint density at radius 2 is 0.559 bits per heavy atom. The molecule has 0 heterocycles. The average molecular weight is 527 g/mol. The Morgan fingerprint density at radius 1 is 0.412 bits per heavy atom. The van der Waals surface area contributed by atoms with Gasteiger partial charge in [0.15, 0.2) is 0 Å². The van der Waals surface area contributed by atoms with Gasteiger partial charge in [0.05, 0.1) is 19.3 Å². The summed E-state index contributed by atoms with van der Waals surface area (Å²) in [6, 6.07) is 0. The SMILES string of the molecule is CCN(CC)C(=O)CC(C)=O.CCN(CC)C(=O)CC(C)=O.CCN(CC)C(=O)CC(C)=O.[Fe+3]. The Hall–Kier alpha value is -2.06. The summed E-state index contributed by atoms with van der Waals surface area (Å²) in [7, 11) is 0. The van der Waals surface area contributed by atoms with Gasteiger partial charge in [0, 0.05) is 39.3 Å². The van der Waals surface area contributed by atoms with Gasteiger partial charge < -0.3 is 14.7 Å². The molecule has 9 nitrogen and oxygen atoms in total. The first kappa shape index (κ1) is 39.2. The predicted molar refractivity (Wildman–Crippen MR) is 130 cm³/mol. The molecule has 0 aliphatic rings. The summed E-state index contributed by atoms with van der Waals surface area (Å²) in [5, 5.41) is 0. The van der Waals surface area contributed by atoms with Gasteiger partial charge in [0.25, 0.3) is 0 Å². The molecule has 0 bridgehead atoms. The van der Waals surface area contributed by atoms with E-state index in [-0.39, 0.29) is 71.4 Å². The zero-order valence-corrected chi connectivity index (χ0v) is 23.6. The number of hydrogen-bond donors (Lipinski definition) is 0. The molecule has 34 heavy (non-hydrogen) atoms. The first-order valence-electron chi connectivity index (χ1n) is 11.7. The molecular weight excluding hydrogens is 482 g/mol. The number of Topliss-reactive ketones (excluding diaryl/α,β-unsaturated/α-hetero) is 3.